The first-order chi connectivity index (χ1) is 12.3. The maximum atomic E-state index is 12.3. The van der Waals surface area contributed by atoms with Gasteiger partial charge in [0, 0.05) is 12.6 Å². The minimum atomic E-state index is 0.0259. The molecule has 146 valence electrons. The number of benzene rings is 1. The number of carbonyl (C=O) groups is 1. The average molecular weight is 363 g/mol. The summed E-state index contributed by atoms with van der Waals surface area (Å²) in [5.74, 6) is 2.01. The third kappa shape index (κ3) is 5.63. The highest BCUT2D eigenvalue weighted by Gasteiger charge is 2.33. The Kier molecular flexibility index (Phi) is 7.33. The standard InChI is InChI=1S/C21H34N2O3/c1-21(2,3)16-8-6-7-9-17(16)22-14-20(24)23-13-15-10-11-18(25-4)19(12-15)26-5/h10-12,16-17,22H,6-9,13-14H2,1-5H3,(H,23,24). The lowest BCUT2D eigenvalue weighted by Gasteiger charge is -2.40. The first-order valence-corrected chi connectivity index (χ1v) is 9.56. The Morgan fingerprint density at radius 3 is 2.46 bits per heavy atom. The molecule has 1 aromatic carbocycles. The molecular weight excluding hydrogens is 328 g/mol. The van der Waals surface area contributed by atoms with Gasteiger partial charge >= 0.3 is 0 Å². The van der Waals surface area contributed by atoms with Gasteiger partial charge in [0.15, 0.2) is 11.5 Å². The molecule has 26 heavy (non-hydrogen) atoms. The minimum absolute atomic E-state index is 0.0259. The summed E-state index contributed by atoms with van der Waals surface area (Å²) in [5, 5.41) is 6.48. The van der Waals surface area contributed by atoms with Gasteiger partial charge in [-0.2, -0.15) is 0 Å². The molecule has 1 aromatic rings. The van der Waals surface area contributed by atoms with Crippen molar-refractivity contribution < 1.29 is 14.3 Å². The Labute approximate surface area is 157 Å². The zero-order chi connectivity index (χ0) is 19.2. The molecular formula is C21H34N2O3. The Hall–Kier alpha value is -1.75. The van der Waals surface area contributed by atoms with Crippen LogP contribution in [0.4, 0.5) is 0 Å². The van der Waals surface area contributed by atoms with Crippen molar-refractivity contribution in [3.63, 3.8) is 0 Å². The Balaban J connectivity index is 1.83. The molecule has 0 aliphatic heterocycles. The van der Waals surface area contributed by atoms with Crippen molar-refractivity contribution in [1.29, 1.82) is 0 Å². The first kappa shape index (κ1) is 20.6. The second-order valence-electron chi connectivity index (χ2n) is 8.21. The van der Waals surface area contributed by atoms with Crippen LogP contribution in [0.5, 0.6) is 11.5 Å². The molecule has 2 N–H and O–H groups in total. The minimum Gasteiger partial charge on any atom is -0.493 e. The second-order valence-corrected chi connectivity index (χ2v) is 8.21. The van der Waals surface area contributed by atoms with E-state index in [1.807, 2.05) is 18.2 Å². The normalized spacial score (nSPS) is 20.5. The molecule has 2 rings (SSSR count). The lowest BCUT2D eigenvalue weighted by molar-refractivity contribution is -0.120. The van der Waals surface area contributed by atoms with E-state index in [-0.39, 0.29) is 11.3 Å². The van der Waals surface area contributed by atoms with Gasteiger partial charge in [-0.1, -0.05) is 39.7 Å². The van der Waals surface area contributed by atoms with Gasteiger partial charge in [-0.05, 0) is 41.9 Å². The predicted octanol–water partition coefficient (Wildman–Crippen LogP) is 3.51. The van der Waals surface area contributed by atoms with Gasteiger partial charge in [0.2, 0.25) is 5.91 Å². The summed E-state index contributed by atoms with van der Waals surface area (Å²) >= 11 is 0. The molecule has 1 amide bonds. The highest BCUT2D eigenvalue weighted by Crippen LogP contribution is 2.37. The van der Waals surface area contributed by atoms with Crippen molar-refractivity contribution in [2.24, 2.45) is 11.3 Å². The molecule has 0 aromatic heterocycles. The zero-order valence-corrected chi connectivity index (χ0v) is 16.9. The fourth-order valence-electron chi connectivity index (χ4n) is 3.89. The summed E-state index contributed by atoms with van der Waals surface area (Å²) in [4.78, 5) is 12.3. The maximum absolute atomic E-state index is 12.3. The summed E-state index contributed by atoms with van der Waals surface area (Å²) in [7, 11) is 3.22. The molecule has 0 radical (unpaired) electrons. The highest BCUT2D eigenvalue weighted by molar-refractivity contribution is 5.78. The monoisotopic (exact) mass is 362 g/mol. The maximum Gasteiger partial charge on any atom is 0.234 e. The highest BCUT2D eigenvalue weighted by atomic mass is 16.5. The summed E-state index contributed by atoms with van der Waals surface area (Å²) < 4.78 is 10.5. The summed E-state index contributed by atoms with van der Waals surface area (Å²) in [6.45, 7) is 7.75. The van der Waals surface area contributed by atoms with Crippen LogP contribution in [-0.2, 0) is 11.3 Å². The Morgan fingerprint density at radius 2 is 1.81 bits per heavy atom. The number of methoxy groups -OCH3 is 2. The molecule has 2 unspecified atom stereocenters. The third-order valence-corrected chi connectivity index (χ3v) is 5.34. The van der Waals surface area contributed by atoms with Crippen LogP contribution >= 0.6 is 0 Å². The predicted molar refractivity (Wildman–Crippen MR) is 105 cm³/mol. The second kappa shape index (κ2) is 9.26. The van der Waals surface area contributed by atoms with Crippen LogP contribution in [0.3, 0.4) is 0 Å². The van der Waals surface area contributed by atoms with Crippen molar-refractivity contribution in [3.05, 3.63) is 23.8 Å². The summed E-state index contributed by atoms with van der Waals surface area (Å²) in [5.41, 5.74) is 1.26. The molecule has 1 fully saturated rings. The van der Waals surface area contributed by atoms with E-state index in [0.29, 0.717) is 36.5 Å². The molecule has 5 nitrogen and oxygen atoms in total. The van der Waals surface area contributed by atoms with E-state index in [9.17, 15) is 4.79 Å². The number of hydrogen-bond donors (Lipinski definition) is 2. The fourth-order valence-corrected chi connectivity index (χ4v) is 3.89. The molecule has 1 aliphatic rings. The topological polar surface area (TPSA) is 59.6 Å². The molecule has 0 saturated heterocycles. The molecule has 2 atom stereocenters. The Bertz CT molecular complexity index is 595. The average Bonchev–Trinajstić information content (AvgIpc) is 2.63. The van der Waals surface area contributed by atoms with Gasteiger partial charge in [0.05, 0.1) is 20.8 Å². The van der Waals surface area contributed by atoms with Crippen LogP contribution in [0.2, 0.25) is 0 Å². The molecule has 1 aliphatic carbocycles. The van der Waals surface area contributed by atoms with E-state index in [2.05, 4.69) is 31.4 Å². The number of hydrogen-bond acceptors (Lipinski definition) is 4. The largest absolute Gasteiger partial charge is 0.493 e. The van der Waals surface area contributed by atoms with E-state index >= 15 is 0 Å². The molecule has 5 heteroatoms. The third-order valence-electron chi connectivity index (χ3n) is 5.34. The SMILES string of the molecule is COc1ccc(CNC(=O)CNC2CCCCC2C(C)(C)C)cc1OC. The van der Waals surface area contributed by atoms with E-state index in [4.69, 9.17) is 9.47 Å². The van der Waals surface area contributed by atoms with Crippen LogP contribution < -0.4 is 20.1 Å². The molecule has 0 heterocycles. The number of carbonyl (C=O) groups excluding carboxylic acids is 1. The van der Waals surface area contributed by atoms with E-state index in [0.717, 1.165) is 12.0 Å². The van der Waals surface area contributed by atoms with Crippen molar-refractivity contribution in [1.82, 2.24) is 10.6 Å². The van der Waals surface area contributed by atoms with Gasteiger partial charge in [-0.25, -0.2) is 0 Å². The summed E-state index contributed by atoms with van der Waals surface area (Å²) in [6, 6.07) is 6.11. The lowest BCUT2D eigenvalue weighted by atomic mass is 9.69. The van der Waals surface area contributed by atoms with Crippen molar-refractivity contribution in [2.75, 3.05) is 20.8 Å². The smallest absolute Gasteiger partial charge is 0.234 e. The quantitative estimate of drug-likeness (QED) is 0.779. The van der Waals surface area contributed by atoms with Crippen molar-refractivity contribution in [2.45, 2.75) is 59.0 Å². The molecule has 0 bridgehead atoms. The van der Waals surface area contributed by atoms with Crippen LogP contribution in [0.1, 0.15) is 52.0 Å². The van der Waals surface area contributed by atoms with E-state index < -0.39 is 0 Å². The Morgan fingerprint density at radius 1 is 1.12 bits per heavy atom. The van der Waals surface area contributed by atoms with E-state index in [1.165, 1.54) is 19.3 Å². The zero-order valence-electron chi connectivity index (χ0n) is 16.9. The van der Waals surface area contributed by atoms with E-state index in [1.54, 1.807) is 14.2 Å². The van der Waals surface area contributed by atoms with Crippen LogP contribution in [0, 0.1) is 11.3 Å². The number of amides is 1. The van der Waals surface area contributed by atoms with Crippen LogP contribution in [0.15, 0.2) is 18.2 Å². The lowest BCUT2D eigenvalue weighted by Crippen LogP contribution is -2.47. The van der Waals surface area contributed by atoms with Crippen LogP contribution in [-0.4, -0.2) is 32.7 Å². The van der Waals surface area contributed by atoms with Gasteiger partial charge in [0.1, 0.15) is 0 Å². The molecule has 0 spiro atoms. The van der Waals surface area contributed by atoms with Gasteiger partial charge in [-0.3, -0.25) is 4.79 Å². The van der Waals surface area contributed by atoms with Crippen molar-refractivity contribution in [3.8, 4) is 11.5 Å². The number of ether oxygens (including phenoxy) is 2. The number of rotatable bonds is 7. The van der Waals surface area contributed by atoms with Crippen molar-refractivity contribution >= 4 is 5.91 Å². The van der Waals surface area contributed by atoms with Gasteiger partial charge in [0.25, 0.3) is 0 Å². The first-order valence-electron chi connectivity index (χ1n) is 9.56. The van der Waals surface area contributed by atoms with Gasteiger partial charge < -0.3 is 20.1 Å². The van der Waals surface area contributed by atoms with Crippen LogP contribution in [0.25, 0.3) is 0 Å². The summed E-state index contributed by atoms with van der Waals surface area (Å²) in [6.07, 6.45) is 4.95. The van der Waals surface area contributed by atoms with Gasteiger partial charge in [-0.15, -0.1) is 0 Å². The molecule has 1 saturated carbocycles. The number of nitrogens with one attached hydrogen (secondary N) is 2. The fraction of sp³-hybridized carbons (Fsp3) is 0.667.